The molecule has 39 heavy (non-hydrogen) atoms. The van der Waals surface area contributed by atoms with E-state index in [1.165, 1.54) is 23.5 Å². The molecule has 0 radical (unpaired) electrons. The minimum atomic E-state index is -4.69. The summed E-state index contributed by atoms with van der Waals surface area (Å²) in [6, 6.07) is 11.5. The number of rotatable bonds is 8. The molecule has 2 heterocycles. The minimum Gasteiger partial charge on any atom is -0.507 e. The van der Waals surface area contributed by atoms with Crippen LogP contribution in [0.25, 0.3) is 33.0 Å². The molecule has 2 N–H and O–H groups in total. The lowest BCUT2D eigenvalue weighted by molar-refractivity contribution is -0.138. The minimum absolute atomic E-state index is 0.0826. The zero-order valence-electron chi connectivity index (χ0n) is 20.8. The smallest absolute Gasteiger partial charge is 0.416 e. The predicted molar refractivity (Wildman–Crippen MR) is 140 cm³/mol. The number of nitrogens with zero attached hydrogens (tertiary/aromatic N) is 1. The molecule has 0 saturated carbocycles. The van der Waals surface area contributed by atoms with E-state index in [2.05, 4.69) is 11.9 Å². The summed E-state index contributed by atoms with van der Waals surface area (Å²) >= 11 is 1.46. The lowest BCUT2D eigenvalue weighted by Gasteiger charge is -2.14. The molecule has 3 nitrogen and oxygen atoms in total. The van der Waals surface area contributed by atoms with Crippen molar-refractivity contribution in [2.45, 2.75) is 51.4 Å². The Balaban J connectivity index is 1.87. The number of aromatic hydroxyl groups is 2. The van der Waals surface area contributed by atoms with Crippen molar-refractivity contribution in [2.75, 3.05) is 0 Å². The predicted octanol–water partition coefficient (Wildman–Crippen LogP) is 9.72. The summed E-state index contributed by atoms with van der Waals surface area (Å²) < 4.78 is 80.6. The van der Waals surface area contributed by atoms with Crippen LogP contribution < -0.4 is 0 Å². The van der Waals surface area contributed by atoms with Gasteiger partial charge in [0.05, 0.1) is 22.5 Å². The molecule has 4 rings (SSSR count). The molecule has 206 valence electrons. The molecule has 0 fully saturated rings. The van der Waals surface area contributed by atoms with Gasteiger partial charge in [0.1, 0.15) is 11.5 Å². The number of aryl methyl sites for hydroxylation is 1. The first-order chi connectivity index (χ1) is 18.4. The Labute approximate surface area is 225 Å². The van der Waals surface area contributed by atoms with Crippen molar-refractivity contribution in [3.8, 4) is 44.5 Å². The Morgan fingerprint density at radius 2 is 1.23 bits per heavy atom. The van der Waals surface area contributed by atoms with Gasteiger partial charge in [-0.25, -0.2) is 4.98 Å². The SMILES string of the molecule is CCCCCCc1ccc(-c2cc(-c3cc(C(F)(F)F)ccc3O)nc(-c3cc(C(F)(F)F)ccc3O)c2)s1. The van der Waals surface area contributed by atoms with Crippen LogP contribution in [0.2, 0.25) is 0 Å². The number of thiophene rings is 1. The summed E-state index contributed by atoms with van der Waals surface area (Å²) in [5.74, 6) is -0.954. The van der Waals surface area contributed by atoms with E-state index in [4.69, 9.17) is 0 Å². The molecule has 2 aromatic heterocycles. The third-order valence-corrected chi connectivity index (χ3v) is 7.44. The van der Waals surface area contributed by atoms with Crippen molar-refractivity contribution in [3.05, 3.63) is 76.7 Å². The lowest BCUT2D eigenvalue weighted by atomic mass is 10.00. The average Bonchev–Trinajstić information content (AvgIpc) is 3.34. The lowest BCUT2D eigenvalue weighted by Crippen LogP contribution is -2.05. The van der Waals surface area contributed by atoms with Gasteiger partial charge in [0, 0.05) is 20.9 Å². The van der Waals surface area contributed by atoms with Gasteiger partial charge in [0.15, 0.2) is 0 Å². The summed E-state index contributed by atoms with van der Waals surface area (Å²) in [6.45, 7) is 2.12. The Kier molecular flexibility index (Phi) is 8.25. The summed E-state index contributed by atoms with van der Waals surface area (Å²) in [5.41, 5.74) is -2.20. The van der Waals surface area contributed by atoms with Gasteiger partial charge < -0.3 is 10.2 Å². The second-order valence-corrected chi connectivity index (χ2v) is 10.3. The van der Waals surface area contributed by atoms with Crippen molar-refractivity contribution < 1.29 is 36.6 Å². The molecule has 0 spiro atoms. The van der Waals surface area contributed by atoms with E-state index in [1.807, 2.05) is 12.1 Å². The molecule has 10 heteroatoms. The molecule has 0 saturated heterocycles. The largest absolute Gasteiger partial charge is 0.507 e. The van der Waals surface area contributed by atoms with Gasteiger partial charge in [-0.05, 0) is 79.1 Å². The Morgan fingerprint density at radius 3 is 1.72 bits per heavy atom. The van der Waals surface area contributed by atoms with Gasteiger partial charge in [-0.3, -0.25) is 0 Å². The van der Waals surface area contributed by atoms with E-state index in [-0.39, 0.29) is 22.5 Å². The number of phenolic OH excluding ortho intramolecular Hbond substituents is 2. The molecule has 0 amide bonds. The standard InChI is InChI=1S/C29H25F6NO2S/c1-2-3-4-5-6-20-9-12-27(39-20)17-13-23(21-15-18(28(30,31)32)7-10-25(21)37)36-24(14-17)22-16-19(29(33,34)35)8-11-26(22)38/h7-16,37-38H,2-6H2,1H3. The second-order valence-electron chi connectivity index (χ2n) is 9.16. The van der Waals surface area contributed by atoms with E-state index in [9.17, 15) is 36.6 Å². The third-order valence-electron chi connectivity index (χ3n) is 6.25. The number of unbranched alkanes of at least 4 members (excludes halogenated alkanes) is 3. The quantitative estimate of drug-likeness (QED) is 0.165. The first kappa shape index (κ1) is 28.5. The highest BCUT2D eigenvalue weighted by atomic mass is 32.1. The highest BCUT2D eigenvalue weighted by Crippen LogP contribution is 2.42. The maximum absolute atomic E-state index is 13.4. The number of phenols is 2. The number of aromatic nitrogens is 1. The Morgan fingerprint density at radius 1 is 0.692 bits per heavy atom. The summed E-state index contributed by atoms with van der Waals surface area (Å²) in [7, 11) is 0. The number of hydrogen-bond donors (Lipinski definition) is 2. The molecule has 0 unspecified atom stereocenters. The zero-order chi connectivity index (χ0) is 28.4. The molecular weight excluding hydrogens is 540 g/mol. The van der Waals surface area contributed by atoms with Crippen LogP contribution in [0.15, 0.2) is 60.7 Å². The van der Waals surface area contributed by atoms with E-state index >= 15 is 0 Å². The van der Waals surface area contributed by atoms with Gasteiger partial charge in [0.2, 0.25) is 0 Å². The number of halogens is 6. The van der Waals surface area contributed by atoms with Crippen molar-refractivity contribution in [1.82, 2.24) is 4.98 Å². The molecule has 2 aromatic carbocycles. The second kappa shape index (κ2) is 11.3. The van der Waals surface area contributed by atoms with E-state index < -0.39 is 35.0 Å². The zero-order valence-corrected chi connectivity index (χ0v) is 21.6. The van der Waals surface area contributed by atoms with Crippen molar-refractivity contribution in [3.63, 3.8) is 0 Å². The fourth-order valence-electron chi connectivity index (χ4n) is 4.18. The van der Waals surface area contributed by atoms with Crippen molar-refractivity contribution in [1.29, 1.82) is 0 Å². The molecule has 4 aromatic rings. The normalized spacial score (nSPS) is 12.2. The maximum atomic E-state index is 13.4. The Hall–Kier alpha value is -3.53. The van der Waals surface area contributed by atoms with E-state index in [0.717, 1.165) is 78.3 Å². The summed E-state index contributed by atoms with van der Waals surface area (Å²) in [4.78, 5) is 6.11. The molecule has 0 aliphatic heterocycles. The van der Waals surface area contributed by atoms with Crippen LogP contribution in [0.1, 0.15) is 48.6 Å². The highest BCUT2D eigenvalue weighted by molar-refractivity contribution is 7.15. The molecule has 0 bridgehead atoms. The van der Waals surface area contributed by atoms with Crippen molar-refractivity contribution in [2.24, 2.45) is 0 Å². The van der Waals surface area contributed by atoms with Gasteiger partial charge >= 0.3 is 12.4 Å². The van der Waals surface area contributed by atoms with E-state index in [0.29, 0.717) is 5.56 Å². The van der Waals surface area contributed by atoms with E-state index in [1.54, 1.807) is 0 Å². The van der Waals surface area contributed by atoms with Crippen LogP contribution >= 0.6 is 11.3 Å². The third kappa shape index (κ3) is 6.73. The molecule has 0 atom stereocenters. The van der Waals surface area contributed by atoms with Gasteiger partial charge in [0.25, 0.3) is 0 Å². The first-order valence-corrected chi connectivity index (χ1v) is 13.1. The average molecular weight is 566 g/mol. The van der Waals surface area contributed by atoms with Crippen LogP contribution in [0.3, 0.4) is 0 Å². The monoisotopic (exact) mass is 565 g/mol. The van der Waals surface area contributed by atoms with Crippen LogP contribution in [-0.2, 0) is 18.8 Å². The molecular formula is C29H25F6NO2S. The van der Waals surface area contributed by atoms with Gasteiger partial charge in [-0.2, -0.15) is 26.3 Å². The fraction of sp³-hybridized carbons (Fsp3) is 0.276. The van der Waals surface area contributed by atoms with Gasteiger partial charge in [-0.1, -0.05) is 26.2 Å². The Bertz CT molecular complexity index is 1380. The fourth-order valence-corrected chi connectivity index (χ4v) is 5.21. The van der Waals surface area contributed by atoms with Crippen LogP contribution in [0.5, 0.6) is 11.5 Å². The van der Waals surface area contributed by atoms with Gasteiger partial charge in [-0.15, -0.1) is 11.3 Å². The first-order valence-electron chi connectivity index (χ1n) is 12.3. The van der Waals surface area contributed by atoms with Crippen LogP contribution in [-0.4, -0.2) is 15.2 Å². The summed E-state index contributed by atoms with van der Waals surface area (Å²) in [6.07, 6.45) is -4.24. The maximum Gasteiger partial charge on any atom is 0.416 e. The number of benzene rings is 2. The number of alkyl halides is 6. The van der Waals surface area contributed by atoms with Crippen molar-refractivity contribution >= 4 is 11.3 Å². The van der Waals surface area contributed by atoms with Crippen LogP contribution in [0.4, 0.5) is 26.3 Å². The highest BCUT2D eigenvalue weighted by Gasteiger charge is 2.32. The molecule has 0 aliphatic carbocycles. The van der Waals surface area contributed by atoms with Crippen LogP contribution in [0, 0.1) is 0 Å². The number of hydrogen-bond acceptors (Lipinski definition) is 4. The number of pyridine rings is 1. The topological polar surface area (TPSA) is 53.4 Å². The molecule has 0 aliphatic rings. The summed E-state index contributed by atoms with van der Waals surface area (Å²) in [5, 5.41) is 20.8.